The fraction of sp³-hybridized carbons (Fsp3) is 0.562. The monoisotopic (exact) mass is 294 g/mol. The van der Waals surface area contributed by atoms with Crippen molar-refractivity contribution < 1.29 is 14.3 Å². The van der Waals surface area contributed by atoms with Crippen molar-refractivity contribution in [2.24, 2.45) is 0 Å². The number of ether oxygens (including phenoxy) is 2. The number of hydrogen-bond acceptors (Lipinski definition) is 4. The zero-order valence-electron chi connectivity index (χ0n) is 13.5. The number of nitrogens with one attached hydrogen (secondary N) is 2. The Morgan fingerprint density at radius 1 is 1.24 bits per heavy atom. The lowest BCUT2D eigenvalue weighted by molar-refractivity contribution is -0.127. The van der Waals surface area contributed by atoms with Gasteiger partial charge in [0, 0.05) is 12.6 Å². The van der Waals surface area contributed by atoms with Gasteiger partial charge in [-0.15, -0.1) is 0 Å². The topological polar surface area (TPSA) is 59.6 Å². The third kappa shape index (κ3) is 5.63. The summed E-state index contributed by atoms with van der Waals surface area (Å²) in [5, 5.41) is 6.09. The molecular formula is C16H26N2O3. The van der Waals surface area contributed by atoms with Crippen LogP contribution < -0.4 is 20.1 Å². The summed E-state index contributed by atoms with van der Waals surface area (Å²) in [7, 11) is 1.59. The van der Waals surface area contributed by atoms with Crippen molar-refractivity contribution in [1.82, 2.24) is 10.6 Å². The van der Waals surface area contributed by atoms with Gasteiger partial charge in [-0.1, -0.05) is 13.0 Å². The van der Waals surface area contributed by atoms with Crippen LogP contribution in [0.1, 0.15) is 33.3 Å². The Hall–Kier alpha value is -1.75. The molecular weight excluding hydrogens is 268 g/mol. The average molecular weight is 294 g/mol. The van der Waals surface area contributed by atoms with Gasteiger partial charge < -0.3 is 20.1 Å². The Morgan fingerprint density at radius 3 is 2.52 bits per heavy atom. The van der Waals surface area contributed by atoms with Crippen molar-refractivity contribution in [3.8, 4) is 11.5 Å². The van der Waals surface area contributed by atoms with E-state index in [9.17, 15) is 4.79 Å². The molecule has 0 aromatic heterocycles. The van der Waals surface area contributed by atoms with E-state index >= 15 is 0 Å². The SMILES string of the molecule is CCNCc1ccc(OC)c(OC(C)C(=O)NC(C)C)c1. The van der Waals surface area contributed by atoms with Gasteiger partial charge in [0.2, 0.25) is 0 Å². The van der Waals surface area contributed by atoms with Crippen LogP contribution in [0.4, 0.5) is 0 Å². The van der Waals surface area contributed by atoms with Crippen LogP contribution in [0.15, 0.2) is 18.2 Å². The zero-order chi connectivity index (χ0) is 15.8. The molecule has 1 rings (SSSR count). The molecule has 0 heterocycles. The number of amides is 1. The summed E-state index contributed by atoms with van der Waals surface area (Å²) in [6, 6.07) is 5.83. The van der Waals surface area contributed by atoms with Gasteiger partial charge in [-0.2, -0.15) is 0 Å². The van der Waals surface area contributed by atoms with Gasteiger partial charge in [-0.05, 0) is 45.0 Å². The summed E-state index contributed by atoms with van der Waals surface area (Å²) in [6.07, 6.45) is -0.573. The van der Waals surface area contributed by atoms with Crippen LogP contribution in [0, 0.1) is 0 Å². The second kappa shape index (κ2) is 8.52. The van der Waals surface area contributed by atoms with Crippen LogP contribution in [-0.2, 0) is 11.3 Å². The molecule has 0 aliphatic rings. The number of carbonyl (C=O) groups is 1. The van der Waals surface area contributed by atoms with E-state index in [0.29, 0.717) is 11.5 Å². The van der Waals surface area contributed by atoms with Gasteiger partial charge in [0.1, 0.15) is 0 Å². The lowest BCUT2D eigenvalue weighted by Crippen LogP contribution is -2.40. The van der Waals surface area contributed by atoms with Gasteiger partial charge in [-0.25, -0.2) is 0 Å². The van der Waals surface area contributed by atoms with E-state index in [0.717, 1.165) is 18.7 Å². The van der Waals surface area contributed by atoms with Gasteiger partial charge >= 0.3 is 0 Å². The smallest absolute Gasteiger partial charge is 0.260 e. The first kappa shape index (κ1) is 17.3. The number of rotatable bonds is 8. The summed E-state index contributed by atoms with van der Waals surface area (Å²) < 4.78 is 11.0. The highest BCUT2D eigenvalue weighted by Gasteiger charge is 2.17. The standard InChI is InChI=1S/C16H26N2O3/c1-6-17-10-13-7-8-14(20-5)15(9-13)21-12(4)16(19)18-11(2)3/h7-9,11-12,17H,6,10H2,1-5H3,(H,18,19). The van der Waals surface area contributed by atoms with Crippen molar-refractivity contribution in [2.75, 3.05) is 13.7 Å². The Kier molecular flexibility index (Phi) is 7.02. The summed E-state index contributed by atoms with van der Waals surface area (Å²) in [6.45, 7) is 9.27. The van der Waals surface area contributed by atoms with Crippen LogP contribution in [0.25, 0.3) is 0 Å². The Bertz CT molecular complexity index is 461. The third-order valence-electron chi connectivity index (χ3n) is 2.91. The first-order valence-electron chi connectivity index (χ1n) is 7.32. The Balaban J connectivity index is 2.81. The molecule has 5 heteroatoms. The minimum Gasteiger partial charge on any atom is -0.493 e. The molecule has 1 amide bonds. The quantitative estimate of drug-likeness (QED) is 0.771. The second-order valence-electron chi connectivity index (χ2n) is 5.19. The largest absolute Gasteiger partial charge is 0.493 e. The highest BCUT2D eigenvalue weighted by molar-refractivity contribution is 5.81. The third-order valence-corrected chi connectivity index (χ3v) is 2.91. The molecule has 0 bridgehead atoms. The van der Waals surface area contributed by atoms with E-state index in [-0.39, 0.29) is 11.9 Å². The predicted molar refractivity (Wildman–Crippen MR) is 83.7 cm³/mol. The van der Waals surface area contributed by atoms with Crippen LogP contribution in [0.5, 0.6) is 11.5 Å². The molecule has 21 heavy (non-hydrogen) atoms. The lowest BCUT2D eigenvalue weighted by Gasteiger charge is -2.18. The Labute approximate surface area is 127 Å². The van der Waals surface area contributed by atoms with Crippen LogP contribution in [0.2, 0.25) is 0 Å². The maximum atomic E-state index is 11.9. The summed E-state index contributed by atoms with van der Waals surface area (Å²) >= 11 is 0. The lowest BCUT2D eigenvalue weighted by atomic mass is 10.2. The summed E-state index contributed by atoms with van der Waals surface area (Å²) in [4.78, 5) is 11.9. The van der Waals surface area contributed by atoms with Crippen molar-refractivity contribution in [2.45, 2.75) is 46.4 Å². The predicted octanol–water partition coefficient (Wildman–Crippen LogP) is 2.10. The fourth-order valence-electron chi connectivity index (χ4n) is 1.84. The minimum absolute atomic E-state index is 0.0885. The van der Waals surface area contributed by atoms with E-state index in [4.69, 9.17) is 9.47 Å². The van der Waals surface area contributed by atoms with Crippen molar-refractivity contribution in [1.29, 1.82) is 0 Å². The van der Waals surface area contributed by atoms with E-state index in [1.54, 1.807) is 14.0 Å². The minimum atomic E-state index is -0.573. The molecule has 0 saturated carbocycles. The Morgan fingerprint density at radius 2 is 1.95 bits per heavy atom. The number of methoxy groups -OCH3 is 1. The first-order valence-corrected chi connectivity index (χ1v) is 7.32. The van der Waals surface area contributed by atoms with E-state index in [2.05, 4.69) is 17.6 Å². The molecule has 118 valence electrons. The fourth-order valence-corrected chi connectivity index (χ4v) is 1.84. The molecule has 1 aromatic rings. The average Bonchev–Trinajstić information content (AvgIpc) is 2.44. The molecule has 1 aromatic carbocycles. The summed E-state index contributed by atoms with van der Waals surface area (Å²) in [5.74, 6) is 1.07. The molecule has 5 nitrogen and oxygen atoms in total. The van der Waals surface area contributed by atoms with Crippen molar-refractivity contribution in [3.63, 3.8) is 0 Å². The van der Waals surface area contributed by atoms with Gasteiger partial charge in [0.25, 0.3) is 5.91 Å². The van der Waals surface area contributed by atoms with E-state index in [1.807, 2.05) is 32.0 Å². The molecule has 1 atom stereocenters. The summed E-state index contributed by atoms with van der Waals surface area (Å²) in [5.41, 5.74) is 1.09. The van der Waals surface area contributed by atoms with Gasteiger partial charge in [0.15, 0.2) is 17.6 Å². The van der Waals surface area contributed by atoms with Crippen LogP contribution >= 0.6 is 0 Å². The van der Waals surface area contributed by atoms with Crippen molar-refractivity contribution >= 4 is 5.91 Å². The van der Waals surface area contributed by atoms with Gasteiger partial charge in [0.05, 0.1) is 7.11 Å². The maximum Gasteiger partial charge on any atom is 0.260 e. The molecule has 1 unspecified atom stereocenters. The maximum absolute atomic E-state index is 11.9. The second-order valence-corrected chi connectivity index (χ2v) is 5.19. The number of carbonyl (C=O) groups excluding carboxylic acids is 1. The van der Waals surface area contributed by atoms with Crippen LogP contribution in [0.3, 0.4) is 0 Å². The molecule has 0 spiro atoms. The molecule has 2 N–H and O–H groups in total. The van der Waals surface area contributed by atoms with Crippen LogP contribution in [-0.4, -0.2) is 31.7 Å². The van der Waals surface area contributed by atoms with E-state index < -0.39 is 6.10 Å². The molecule has 0 fully saturated rings. The molecule has 0 aliphatic heterocycles. The van der Waals surface area contributed by atoms with Crippen molar-refractivity contribution in [3.05, 3.63) is 23.8 Å². The number of benzene rings is 1. The first-order chi connectivity index (χ1) is 9.97. The molecule has 0 aliphatic carbocycles. The highest BCUT2D eigenvalue weighted by Crippen LogP contribution is 2.29. The molecule has 0 saturated heterocycles. The number of hydrogen-bond donors (Lipinski definition) is 2. The highest BCUT2D eigenvalue weighted by atomic mass is 16.5. The van der Waals surface area contributed by atoms with Gasteiger partial charge in [-0.3, -0.25) is 4.79 Å². The molecule has 0 radical (unpaired) electrons. The van der Waals surface area contributed by atoms with E-state index in [1.165, 1.54) is 0 Å². The zero-order valence-corrected chi connectivity index (χ0v) is 13.5. The normalized spacial score (nSPS) is 12.1.